The highest BCUT2D eigenvalue weighted by atomic mass is 32.2. The van der Waals surface area contributed by atoms with Crippen LogP contribution in [0.5, 0.6) is 0 Å². The average molecular weight is 325 g/mol. The van der Waals surface area contributed by atoms with Crippen molar-refractivity contribution in [2.45, 2.75) is 18.4 Å². The monoisotopic (exact) mass is 325 g/mol. The fourth-order valence-electron chi connectivity index (χ4n) is 1.87. The van der Waals surface area contributed by atoms with Crippen molar-refractivity contribution in [3.63, 3.8) is 0 Å². The Labute approximate surface area is 126 Å². The Kier molecular flexibility index (Phi) is 4.15. The second kappa shape index (κ2) is 5.73. The summed E-state index contributed by atoms with van der Waals surface area (Å²) >= 11 is 0. The van der Waals surface area contributed by atoms with E-state index in [0.29, 0.717) is 12.2 Å². The van der Waals surface area contributed by atoms with Crippen LogP contribution in [0.4, 0.5) is 11.4 Å². The smallest absolute Gasteiger partial charge is 0.272 e. The van der Waals surface area contributed by atoms with E-state index in [-0.39, 0.29) is 10.6 Å². The van der Waals surface area contributed by atoms with E-state index in [4.69, 9.17) is 5.14 Å². The van der Waals surface area contributed by atoms with Crippen LogP contribution in [0.2, 0.25) is 0 Å². The van der Waals surface area contributed by atoms with Crippen LogP contribution >= 0.6 is 0 Å². The minimum Gasteiger partial charge on any atom is -0.381 e. The number of hydrogen-bond acceptors (Lipinski definition) is 6. The fourth-order valence-corrected chi connectivity index (χ4v) is 2.45. The zero-order valence-electron chi connectivity index (χ0n) is 12.0. The lowest BCUT2D eigenvalue weighted by Gasteiger charge is -2.08. The van der Waals surface area contributed by atoms with E-state index < -0.39 is 14.9 Å². The van der Waals surface area contributed by atoms with Crippen molar-refractivity contribution in [2.24, 2.45) is 12.2 Å². The molecule has 10 heteroatoms. The lowest BCUT2D eigenvalue weighted by atomic mass is 10.2. The number of sulfonamides is 1. The van der Waals surface area contributed by atoms with Crippen LogP contribution < -0.4 is 10.5 Å². The van der Waals surface area contributed by atoms with Gasteiger partial charge in [-0.25, -0.2) is 13.6 Å². The Bertz CT molecular complexity index is 828. The third-order valence-electron chi connectivity index (χ3n) is 3.25. The van der Waals surface area contributed by atoms with E-state index in [2.05, 4.69) is 10.4 Å². The highest BCUT2D eigenvalue weighted by Gasteiger charge is 2.16. The van der Waals surface area contributed by atoms with Crippen molar-refractivity contribution < 1.29 is 13.3 Å². The minimum atomic E-state index is -4.03. The number of nitrogens with two attached hydrogens (primary N) is 1. The zero-order chi connectivity index (χ0) is 16.5. The molecule has 0 radical (unpaired) electrons. The molecule has 2 rings (SSSR count). The molecule has 2 aromatic rings. The highest BCUT2D eigenvalue weighted by Crippen LogP contribution is 2.24. The van der Waals surface area contributed by atoms with E-state index >= 15 is 0 Å². The Morgan fingerprint density at radius 2 is 2.09 bits per heavy atom. The van der Waals surface area contributed by atoms with Gasteiger partial charge in [0.2, 0.25) is 10.0 Å². The second-order valence-corrected chi connectivity index (χ2v) is 6.31. The number of anilines is 1. The molecule has 1 heterocycles. The predicted octanol–water partition coefficient (Wildman–Crippen LogP) is 0.896. The number of primary sulfonamides is 1. The molecule has 0 unspecified atom stereocenters. The first-order valence-corrected chi connectivity index (χ1v) is 7.77. The number of rotatable bonds is 5. The molecule has 0 atom stereocenters. The van der Waals surface area contributed by atoms with Gasteiger partial charge in [0, 0.05) is 42.7 Å². The van der Waals surface area contributed by atoms with E-state index in [1.807, 2.05) is 6.92 Å². The molecule has 0 aliphatic carbocycles. The van der Waals surface area contributed by atoms with Crippen LogP contribution in [-0.4, -0.2) is 23.1 Å². The summed E-state index contributed by atoms with van der Waals surface area (Å²) in [5.41, 5.74) is 1.77. The molecular weight excluding hydrogens is 310 g/mol. The van der Waals surface area contributed by atoms with Gasteiger partial charge in [-0.05, 0) is 13.0 Å². The third kappa shape index (κ3) is 3.40. The van der Waals surface area contributed by atoms with Gasteiger partial charge >= 0.3 is 0 Å². The van der Waals surface area contributed by atoms with E-state index in [1.165, 1.54) is 12.1 Å². The molecule has 0 spiro atoms. The maximum absolute atomic E-state index is 11.4. The van der Waals surface area contributed by atoms with Crippen LogP contribution in [0.15, 0.2) is 29.3 Å². The zero-order valence-corrected chi connectivity index (χ0v) is 12.8. The average Bonchev–Trinajstić information content (AvgIpc) is 2.75. The van der Waals surface area contributed by atoms with Crippen LogP contribution in [0.1, 0.15) is 11.3 Å². The standard InChI is InChI=1S/C12H15N5O4S/c1-8-9(7-15-16(8)2)6-14-10-3-11(17(18)19)5-12(4-10)22(13,20)21/h3-5,7,14H,6H2,1-2H3,(H2,13,20,21). The number of benzene rings is 1. The summed E-state index contributed by atoms with van der Waals surface area (Å²) in [5.74, 6) is 0. The van der Waals surface area contributed by atoms with Crippen molar-refractivity contribution >= 4 is 21.4 Å². The summed E-state index contributed by atoms with van der Waals surface area (Å²) < 4.78 is 24.5. The molecule has 0 amide bonds. The summed E-state index contributed by atoms with van der Waals surface area (Å²) in [4.78, 5) is 9.91. The van der Waals surface area contributed by atoms with Crippen LogP contribution in [0.25, 0.3) is 0 Å². The number of nitro groups is 1. The van der Waals surface area contributed by atoms with Gasteiger partial charge in [0.25, 0.3) is 5.69 Å². The summed E-state index contributed by atoms with van der Waals surface area (Å²) in [5, 5.41) is 23.0. The molecule has 1 aromatic heterocycles. The van der Waals surface area contributed by atoms with Crippen molar-refractivity contribution in [3.8, 4) is 0 Å². The molecular formula is C12H15N5O4S. The Morgan fingerprint density at radius 3 is 2.59 bits per heavy atom. The van der Waals surface area contributed by atoms with Gasteiger partial charge in [-0.1, -0.05) is 0 Å². The minimum absolute atomic E-state index is 0.293. The van der Waals surface area contributed by atoms with Gasteiger partial charge in [0.15, 0.2) is 0 Å². The number of nitrogens with zero attached hydrogens (tertiary/aromatic N) is 3. The quantitative estimate of drug-likeness (QED) is 0.619. The van der Waals surface area contributed by atoms with Gasteiger partial charge in [-0.2, -0.15) is 5.10 Å². The summed E-state index contributed by atoms with van der Waals surface area (Å²) in [6, 6.07) is 3.43. The van der Waals surface area contributed by atoms with Crippen LogP contribution in [0, 0.1) is 17.0 Å². The molecule has 0 bridgehead atoms. The largest absolute Gasteiger partial charge is 0.381 e. The van der Waals surface area contributed by atoms with Gasteiger partial charge in [-0.15, -0.1) is 0 Å². The van der Waals surface area contributed by atoms with Crippen molar-refractivity contribution in [1.82, 2.24) is 9.78 Å². The normalized spacial score (nSPS) is 11.4. The van der Waals surface area contributed by atoms with Crippen LogP contribution in [0.3, 0.4) is 0 Å². The molecule has 0 fully saturated rings. The van der Waals surface area contributed by atoms with E-state index in [1.54, 1.807) is 17.9 Å². The number of non-ortho nitro benzene ring substituents is 1. The first-order valence-electron chi connectivity index (χ1n) is 6.22. The second-order valence-electron chi connectivity index (χ2n) is 4.75. The first-order chi connectivity index (χ1) is 10.2. The molecule has 3 N–H and O–H groups in total. The molecule has 0 saturated carbocycles. The van der Waals surface area contributed by atoms with Crippen molar-refractivity contribution in [2.75, 3.05) is 5.32 Å². The van der Waals surface area contributed by atoms with Gasteiger partial charge < -0.3 is 5.32 Å². The predicted molar refractivity (Wildman–Crippen MR) is 79.7 cm³/mol. The maximum Gasteiger partial charge on any atom is 0.272 e. The molecule has 22 heavy (non-hydrogen) atoms. The Hall–Kier alpha value is -2.46. The fraction of sp³-hybridized carbons (Fsp3) is 0.250. The van der Waals surface area contributed by atoms with Crippen molar-refractivity contribution in [3.05, 3.63) is 45.8 Å². The molecule has 1 aromatic carbocycles. The summed E-state index contributed by atoms with van der Waals surface area (Å²) in [7, 11) is -2.23. The Balaban J connectivity index is 2.32. The van der Waals surface area contributed by atoms with Crippen LogP contribution in [-0.2, 0) is 23.6 Å². The maximum atomic E-state index is 11.4. The van der Waals surface area contributed by atoms with E-state index in [0.717, 1.165) is 17.3 Å². The lowest BCUT2D eigenvalue weighted by Crippen LogP contribution is -2.13. The number of aryl methyl sites for hydroxylation is 1. The van der Waals surface area contributed by atoms with Gasteiger partial charge in [-0.3, -0.25) is 14.8 Å². The Morgan fingerprint density at radius 1 is 1.41 bits per heavy atom. The molecule has 0 aliphatic heterocycles. The van der Waals surface area contributed by atoms with E-state index in [9.17, 15) is 18.5 Å². The number of hydrogen-bond donors (Lipinski definition) is 2. The van der Waals surface area contributed by atoms with Gasteiger partial charge in [0.05, 0.1) is 16.0 Å². The highest BCUT2D eigenvalue weighted by molar-refractivity contribution is 7.89. The number of nitrogens with one attached hydrogen (secondary N) is 1. The topological polar surface area (TPSA) is 133 Å². The summed E-state index contributed by atoms with van der Waals surface area (Å²) in [6.07, 6.45) is 1.67. The first kappa shape index (κ1) is 15.9. The lowest BCUT2D eigenvalue weighted by molar-refractivity contribution is -0.385. The molecule has 0 aliphatic rings. The van der Waals surface area contributed by atoms with Gasteiger partial charge in [0.1, 0.15) is 0 Å². The molecule has 118 valence electrons. The summed E-state index contributed by atoms with van der Waals surface area (Å²) in [6.45, 7) is 2.23. The number of nitro benzene ring substituents is 1. The molecule has 9 nitrogen and oxygen atoms in total. The SMILES string of the molecule is Cc1c(CNc2cc([N+](=O)[O-])cc(S(N)(=O)=O)c2)cnn1C. The molecule has 0 saturated heterocycles. The van der Waals surface area contributed by atoms with Crippen molar-refractivity contribution in [1.29, 1.82) is 0 Å². The number of aromatic nitrogens is 2. The third-order valence-corrected chi connectivity index (χ3v) is 4.14.